The van der Waals surface area contributed by atoms with Crippen LogP contribution in [0.3, 0.4) is 0 Å². The van der Waals surface area contributed by atoms with Crippen LogP contribution >= 0.6 is 0 Å². The topological polar surface area (TPSA) is 52.5 Å². The number of rotatable bonds is 3. The lowest BCUT2D eigenvalue weighted by Crippen LogP contribution is -2.30. The molecule has 19 heavy (non-hydrogen) atoms. The van der Waals surface area contributed by atoms with Crippen LogP contribution in [-0.4, -0.2) is 52.2 Å². The second-order valence-corrected chi connectivity index (χ2v) is 6.10. The van der Waals surface area contributed by atoms with Gasteiger partial charge in [-0.2, -0.15) is 0 Å². The predicted molar refractivity (Wildman–Crippen MR) is 71.7 cm³/mol. The standard InChI is InChI=1S/C14H20N4O/c19-9-13-15-4-3-14(16-13)18-7-10-5-17(12-1-2-12)6-11(10)8-18/h3-4,10-12,19H,1-2,5-9H2. The maximum absolute atomic E-state index is 9.12. The van der Waals surface area contributed by atoms with E-state index >= 15 is 0 Å². The van der Waals surface area contributed by atoms with Crippen LogP contribution in [0.15, 0.2) is 12.3 Å². The molecule has 0 spiro atoms. The van der Waals surface area contributed by atoms with Gasteiger partial charge in [0.2, 0.25) is 0 Å². The number of hydrogen-bond acceptors (Lipinski definition) is 5. The van der Waals surface area contributed by atoms with Gasteiger partial charge >= 0.3 is 0 Å². The maximum Gasteiger partial charge on any atom is 0.156 e. The maximum atomic E-state index is 9.12. The highest BCUT2D eigenvalue weighted by atomic mass is 16.3. The van der Waals surface area contributed by atoms with Crippen LogP contribution in [0, 0.1) is 11.8 Å². The lowest BCUT2D eigenvalue weighted by molar-refractivity contribution is 0.271. The van der Waals surface area contributed by atoms with Crippen molar-refractivity contribution in [1.82, 2.24) is 14.9 Å². The molecule has 1 saturated carbocycles. The SMILES string of the molecule is OCc1nccc(N2CC3CN(C4CC4)CC3C2)n1. The highest BCUT2D eigenvalue weighted by Gasteiger charge is 2.44. The molecule has 3 aliphatic rings. The summed E-state index contributed by atoms with van der Waals surface area (Å²) in [5.41, 5.74) is 0. The zero-order chi connectivity index (χ0) is 12.8. The van der Waals surface area contributed by atoms with Crippen LogP contribution in [0.5, 0.6) is 0 Å². The normalized spacial score (nSPS) is 30.9. The van der Waals surface area contributed by atoms with Gasteiger partial charge in [-0.05, 0) is 30.7 Å². The van der Waals surface area contributed by atoms with E-state index in [1.54, 1.807) is 6.20 Å². The summed E-state index contributed by atoms with van der Waals surface area (Å²) in [6, 6.07) is 2.86. The Balaban J connectivity index is 1.45. The molecule has 4 rings (SSSR count). The third kappa shape index (κ3) is 2.11. The predicted octanol–water partition coefficient (Wildman–Crippen LogP) is 0.499. The number of aromatic nitrogens is 2. The van der Waals surface area contributed by atoms with Crippen molar-refractivity contribution in [2.45, 2.75) is 25.5 Å². The van der Waals surface area contributed by atoms with Gasteiger partial charge in [-0.3, -0.25) is 4.90 Å². The summed E-state index contributed by atoms with van der Waals surface area (Å²) in [4.78, 5) is 13.5. The molecule has 102 valence electrons. The first-order valence-electron chi connectivity index (χ1n) is 7.25. The Bertz CT molecular complexity index is 462. The molecular formula is C14H20N4O. The molecule has 2 unspecified atom stereocenters. The van der Waals surface area contributed by atoms with Crippen molar-refractivity contribution in [1.29, 1.82) is 0 Å². The number of nitrogens with zero attached hydrogens (tertiary/aromatic N) is 4. The first kappa shape index (κ1) is 11.6. The second-order valence-electron chi connectivity index (χ2n) is 6.10. The fourth-order valence-electron chi connectivity index (χ4n) is 3.59. The summed E-state index contributed by atoms with van der Waals surface area (Å²) in [7, 11) is 0. The van der Waals surface area contributed by atoms with Gasteiger partial charge in [-0.25, -0.2) is 9.97 Å². The molecule has 1 N–H and O–H groups in total. The highest BCUT2D eigenvalue weighted by molar-refractivity contribution is 5.39. The highest BCUT2D eigenvalue weighted by Crippen LogP contribution is 2.38. The third-order valence-electron chi connectivity index (χ3n) is 4.73. The summed E-state index contributed by atoms with van der Waals surface area (Å²) in [5.74, 6) is 3.10. The number of fused-ring (bicyclic) bond motifs is 1. The van der Waals surface area contributed by atoms with Crippen molar-refractivity contribution in [3.8, 4) is 0 Å². The number of anilines is 1. The van der Waals surface area contributed by atoms with Crippen LogP contribution in [0.2, 0.25) is 0 Å². The summed E-state index contributed by atoms with van der Waals surface area (Å²) < 4.78 is 0. The largest absolute Gasteiger partial charge is 0.388 e. The molecule has 2 atom stereocenters. The summed E-state index contributed by atoms with van der Waals surface area (Å²) in [6.45, 7) is 4.67. The fraction of sp³-hybridized carbons (Fsp3) is 0.714. The number of likely N-dealkylation sites (tertiary alicyclic amines) is 1. The van der Waals surface area contributed by atoms with E-state index in [-0.39, 0.29) is 6.61 Å². The molecule has 5 nitrogen and oxygen atoms in total. The molecule has 1 aromatic heterocycles. The van der Waals surface area contributed by atoms with Gasteiger partial charge in [0.15, 0.2) is 5.82 Å². The molecule has 2 saturated heterocycles. The van der Waals surface area contributed by atoms with Crippen LogP contribution in [0.4, 0.5) is 5.82 Å². The Kier molecular flexibility index (Phi) is 2.70. The number of aliphatic hydroxyl groups is 1. The Morgan fingerprint density at radius 2 is 1.89 bits per heavy atom. The van der Waals surface area contributed by atoms with Crippen molar-refractivity contribution in [2.24, 2.45) is 11.8 Å². The van der Waals surface area contributed by atoms with E-state index in [9.17, 15) is 0 Å². The fourth-order valence-corrected chi connectivity index (χ4v) is 3.59. The van der Waals surface area contributed by atoms with E-state index in [1.165, 1.54) is 25.9 Å². The summed E-state index contributed by atoms with van der Waals surface area (Å²) in [5, 5.41) is 9.12. The minimum Gasteiger partial charge on any atom is -0.388 e. The number of aliphatic hydroxyl groups excluding tert-OH is 1. The van der Waals surface area contributed by atoms with Gasteiger partial charge in [0.25, 0.3) is 0 Å². The zero-order valence-electron chi connectivity index (χ0n) is 11.1. The molecule has 0 aromatic carbocycles. The lowest BCUT2D eigenvalue weighted by Gasteiger charge is -2.22. The van der Waals surface area contributed by atoms with Crippen LogP contribution in [0.1, 0.15) is 18.7 Å². The lowest BCUT2D eigenvalue weighted by atomic mass is 10.0. The summed E-state index contributed by atoms with van der Waals surface area (Å²) >= 11 is 0. The minimum atomic E-state index is -0.0794. The van der Waals surface area contributed by atoms with Crippen LogP contribution in [0.25, 0.3) is 0 Å². The molecule has 0 bridgehead atoms. The van der Waals surface area contributed by atoms with E-state index in [2.05, 4.69) is 19.8 Å². The van der Waals surface area contributed by atoms with E-state index in [0.29, 0.717) is 5.82 Å². The van der Waals surface area contributed by atoms with Gasteiger partial charge in [0.05, 0.1) is 0 Å². The first-order chi connectivity index (χ1) is 9.33. The molecule has 5 heteroatoms. The van der Waals surface area contributed by atoms with E-state index in [1.807, 2.05) is 6.07 Å². The van der Waals surface area contributed by atoms with Crippen LogP contribution in [-0.2, 0) is 6.61 Å². The Morgan fingerprint density at radius 3 is 2.53 bits per heavy atom. The van der Waals surface area contributed by atoms with Gasteiger partial charge in [0.1, 0.15) is 12.4 Å². The molecule has 0 radical (unpaired) electrons. The van der Waals surface area contributed by atoms with Crippen molar-refractivity contribution in [3.05, 3.63) is 18.1 Å². The monoisotopic (exact) mass is 260 g/mol. The molecule has 3 heterocycles. The minimum absolute atomic E-state index is 0.0794. The number of hydrogen-bond donors (Lipinski definition) is 1. The molecular weight excluding hydrogens is 240 g/mol. The third-order valence-corrected chi connectivity index (χ3v) is 4.73. The van der Waals surface area contributed by atoms with Crippen molar-refractivity contribution >= 4 is 5.82 Å². The molecule has 1 aliphatic carbocycles. The van der Waals surface area contributed by atoms with E-state index in [4.69, 9.17) is 5.11 Å². The molecule has 2 aliphatic heterocycles. The van der Waals surface area contributed by atoms with E-state index in [0.717, 1.165) is 36.8 Å². The molecule has 0 amide bonds. The second kappa shape index (κ2) is 4.42. The first-order valence-corrected chi connectivity index (χ1v) is 7.25. The molecule has 3 fully saturated rings. The van der Waals surface area contributed by atoms with Gasteiger partial charge in [-0.1, -0.05) is 0 Å². The Labute approximate surface area is 113 Å². The van der Waals surface area contributed by atoms with Crippen molar-refractivity contribution in [2.75, 3.05) is 31.1 Å². The average Bonchev–Trinajstić information content (AvgIpc) is 3.09. The molecule has 1 aromatic rings. The quantitative estimate of drug-likeness (QED) is 0.857. The van der Waals surface area contributed by atoms with Gasteiger partial charge < -0.3 is 10.0 Å². The zero-order valence-corrected chi connectivity index (χ0v) is 11.1. The van der Waals surface area contributed by atoms with E-state index < -0.39 is 0 Å². The summed E-state index contributed by atoms with van der Waals surface area (Å²) in [6.07, 6.45) is 4.57. The van der Waals surface area contributed by atoms with Crippen LogP contribution < -0.4 is 4.90 Å². The van der Waals surface area contributed by atoms with Gasteiger partial charge in [-0.15, -0.1) is 0 Å². The Morgan fingerprint density at radius 1 is 1.16 bits per heavy atom. The Hall–Kier alpha value is -1.20. The van der Waals surface area contributed by atoms with Crippen molar-refractivity contribution in [3.63, 3.8) is 0 Å². The average molecular weight is 260 g/mol. The van der Waals surface area contributed by atoms with Gasteiger partial charge in [0, 0.05) is 38.4 Å². The smallest absolute Gasteiger partial charge is 0.156 e. The van der Waals surface area contributed by atoms with Crippen molar-refractivity contribution < 1.29 is 5.11 Å².